The van der Waals surface area contributed by atoms with E-state index in [4.69, 9.17) is 5.73 Å². The van der Waals surface area contributed by atoms with Gasteiger partial charge in [0.05, 0.1) is 0 Å². The molecule has 2 aliphatic rings. The second-order valence-corrected chi connectivity index (χ2v) is 8.20. The molecule has 0 aliphatic heterocycles. The lowest BCUT2D eigenvalue weighted by Crippen LogP contribution is -2.52. The van der Waals surface area contributed by atoms with Gasteiger partial charge in [0.2, 0.25) is 0 Å². The summed E-state index contributed by atoms with van der Waals surface area (Å²) in [6.07, 6.45) is 10.7. The lowest BCUT2D eigenvalue weighted by atomic mass is 9.72. The Bertz CT molecular complexity index is 294. The Morgan fingerprint density at radius 1 is 1.05 bits per heavy atom. The summed E-state index contributed by atoms with van der Waals surface area (Å²) in [4.78, 5) is 2.92. The van der Waals surface area contributed by atoms with Crippen molar-refractivity contribution >= 4 is 0 Å². The molecular formula is C19H38N2. The quantitative estimate of drug-likeness (QED) is 0.813. The second kappa shape index (κ2) is 7.97. The van der Waals surface area contributed by atoms with Gasteiger partial charge in [-0.2, -0.15) is 0 Å². The van der Waals surface area contributed by atoms with Gasteiger partial charge in [-0.25, -0.2) is 0 Å². The zero-order valence-corrected chi connectivity index (χ0v) is 14.9. The first kappa shape index (κ1) is 17.3. The Balaban J connectivity index is 2.09. The Labute approximate surface area is 132 Å². The zero-order chi connectivity index (χ0) is 15.4. The lowest BCUT2D eigenvalue weighted by molar-refractivity contribution is 0.0150. The van der Waals surface area contributed by atoms with Gasteiger partial charge in [-0.15, -0.1) is 0 Å². The van der Waals surface area contributed by atoms with Gasteiger partial charge in [0.25, 0.3) is 0 Å². The predicted octanol–water partition coefficient (Wildman–Crippen LogP) is 4.43. The molecule has 0 aromatic heterocycles. The van der Waals surface area contributed by atoms with Crippen LogP contribution in [0.3, 0.4) is 0 Å². The normalized spacial score (nSPS) is 38.1. The van der Waals surface area contributed by atoms with Crippen LogP contribution in [-0.2, 0) is 0 Å². The van der Waals surface area contributed by atoms with Gasteiger partial charge in [-0.1, -0.05) is 34.1 Å². The van der Waals surface area contributed by atoms with Crippen LogP contribution in [0.1, 0.15) is 79.1 Å². The molecule has 0 aromatic carbocycles. The third-order valence-electron chi connectivity index (χ3n) is 6.11. The van der Waals surface area contributed by atoms with E-state index in [1.54, 1.807) is 0 Å². The van der Waals surface area contributed by atoms with Crippen LogP contribution in [0.5, 0.6) is 0 Å². The van der Waals surface area contributed by atoms with E-state index in [0.717, 1.165) is 29.8 Å². The highest BCUT2D eigenvalue weighted by Gasteiger charge is 2.37. The summed E-state index contributed by atoms with van der Waals surface area (Å²) in [5, 5.41) is 0. The van der Waals surface area contributed by atoms with Crippen LogP contribution in [0.25, 0.3) is 0 Å². The molecule has 3 atom stereocenters. The maximum atomic E-state index is 6.13. The van der Waals surface area contributed by atoms with Gasteiger partial charge in [-0.05, 0) is 69.2 Å². The summed E-state index contributed by atoms with van der Waals surface area (Å²) in [5.74, 6) is 2.64. The van der Waals surface area contributed by atoms with E-state index in [9.17, 15) is 0 Å². The van der Waals surface area contributed by atoms with E-state index in [1.165, 1.54) is 57.9 Å². The van der Waals surface area contributed by atoms with Crippen molar-refractivity contribution in [3.63, 3.8) is 0 Å². The highest BCUT2D eigenvalue weighted by Crippen LogP contribution is 2.39. The lowest BCUT2D eigenvalue weighted by Gasteiger charge is -2.48. The van der Waals surface area contributed by atoms with Crippen LogP contribution in [-0.4, -0.2) is 29.6 Å². The standard InChI is InChI=1S/C19H38N2/c1-5-12-21(17-9-7-16(20)8-10-17)19-13-15(4)6-11-18(19)14(2)3/h14-19H,5-13,20H2,1-4H3. The van der Waals surface area contributed by atoms with Crippen molar-refractivity contribution in [2.75, 3.05) is 6.54 Å². The largest absolute Gasteiger partial charge is 0.328 e. The fourth-order valence-electron chi connectivity index (χ4n) is 4.84. The monoisotopic (exact) mass is 294 g/mol. The minimum absolute atomic E-state index is 0.468. The summed E-state index contributed by atoms with van der Waals surface area (Å²) < 4.78 is 0. The van der Waals surface area contributed by atoms with Gasteiger partial charge in [0.15, 0.2) is 0 Å². The van der Waals surface area contributed by atoms with E-state index in [0.29, 0.717) is 6.04 Å². The molecule has 0 aromatic rings. The summed E-state index contributed by atoms with van der Waals surface area (Å²) in [5.41, 5.74) is 6.13. The van der Waals surface area contributed by atoms with Gasteiger partial charge < -0.3 is 5.73 Å². The van der Waals surface area contributed by atoms with Crippen molar-refractivity contribution in [2.24, 2.45) is 23.5 Å². The van der Waals surface area contributed by atoms with Crippen LogP contribution in [0.15, 0.2) is 0 Å². The van der Waals surface area contributed by atoms with Crippen LogP contribution >= 0.6 is 0 Å². The van der Waals surface area contributed by atoms with Crippen molar-refractivity contribution in [3.8, 4) is 0 Å². The van der Waals surface area contributed by atoms with Crippen LogP contribution in [0.2, 0.25) is 0 Å². The number of rotatable bonds is 5. The number of nitrogens with zero attached hydrogens (tertiary/aromatic N) is 1. The molecule has 2 saturated carbocycles. The second-order valence-electron chi connectivity index (χ2n) is 8.20. The zero-order valence-electron chi connectivity index (χ0n) is 14.9. The third kappa shape index (κ3) is 4.45. The molecule has 2 rings (SSSR count). The minimum atomic E-state index is 0.468. The number of hydrogen-bond donors (Lipinski definition) is 1. The molecule has 2 fully saturated rings. The van der Waals surface area contributed by atoms with Crippen molar-refractivity contribution in [2.45, 2.75) is 97.2 Å². The molecule has 3 unspecified atom stereocenters. The Morgan fingerprint density at radius 3 is 2.29 bits per heavy atom. The Kier molecular flexibility index (Phi) is 6.55. The highest BCUT2D eigenvalue weighted by molar-refractivity contribution is 4.92. The topological polar surface area (TPSA) is 29.3 Å². The first-order valence-electron chi connectivity index (χ1n) is 9.54. The van der Waals surface area contributed by atoms with E-state index >= 15 is 0 Å². The predicted molar refractivity (Wildman–Crippen MR) is 92.4 cm³/mol. The average molecular weight is 295 g/mol. The maximum absolute atomic E-state index is 6.13. The van der Waals surface area contributed by atoms with Crippen molar-refractivity contribution in [1.29, 1.82) is 0 Å². The molecule has 2 aliphatic carbocycles. The Morgan fingerprint density at radius 2 is 1.71 bits per heavy atom. The molecule has 124 valence electrons. The van der Waals surface area contributed by atoms with E-state index in [1.807, 2.05) is 0 Å². The van der Waals surface area contributed by atoms with Crippen LogP contribution in [0.4, 0.5) is 0 Å². The maximum Gasteiger partial charge on any atom is 0.0131 e. The SMILES string of the molecule is CCCN(C1CCC(N)CC1)C1CC(C)CCC1C(C)C. The van der Waals surface area contributed by atoms with Gasteiger partial charge in [0.1, 0.15) is 0 Å². The summed E-state index contributed by atoms with van der Waals surface area (Å²) in [6.45, 7) is 11.0. The number of nitrogens with two attached hydrogens (primary N) is 1. The molecule has 21 heavy (non-hydrogen) atoms. The Hall–Kier alpha value is -0.0800. The van der Waals surface area contributed by atoms with Gasteiger partial charge in [-0.3, -0.25) is 4.90 Å². The molecule has 0 saturated heterocycles. The van der Waals surface area contributed by atoms with Crippen LogP contribution < -0.4 is 5.73 Å². The summed E-state index contributed by atoms with van der Waals surface area (Å²) in [6, 6.07) is 2.10. The first-order valence-corrected chi connectivity index (χ1v) is 9.54. The summed E-state index contributed by atoms with van der Waals surface area (Å²) in [7, 11) is 0. The fourth-order valence-corrected chi connectivity index (χ4v) is 4.84. The molecule has 0 bridgehead atoms. The average Bonchev–Trinajstić information content (AvgIpc) is 2.45. The molecule has 0 heterocycles. The van der Waals surface area contributed by atoms with E-state index in [-0.39, 0.29) is 0 Å². The van der Waals surface area contributed by atoms with Crippen molar-refractivity contribution in [3.05, 3.63) is 0 Å². The van der Waals surface area contributed by atoms with E-state index < -0.39 is 0 Å². The van der Waals surface area contributed by atoms with Gasteiger partial charge in [0, 0.05) is 18.1 Å². The van der Waals surface area contributed by atoms with Crippen molar-refractivity contribution in [1.82, 2.24) is 4.90 Å². The minimum Gasteiger partial charge on any atom is -0.328 e. The molecule has 2 nitrogen and oxygen atoms in total. The van der Waals surface area contributed by atoms with E-state index in [2.05, 4.69) is 32.6 Å². The van der Waals surface area contributed by atoms with Gasteiger partial charge >= 0.3 is 0 Å². The molecule has 2 N–H and O–H groups in total. The first-order chi connectivity index (χ1) is 10.0. The molecule has 0 spiro atoms. The molecule has 0 amide bonds. The number of hydrogen-bond acceptors (Lipinski definition) is 2. The van der Waals surface area contributed by atoms with Crippen LogP contribution in [0, 0.1) is 17.8 Å². The smallest absolute Gasteiger partial charge is 0.0131 e. The molecule has 0 radical (unpaired) electrons. The highest BCUT2D eigenvalue weighted by atomic mass is 15.2. The van der Waals surface area contributed by atoms with Crippen molar-refractivity contribution < 1.29 is 0 Å². The fraction of sp³-hybridized carbons (Fsp3) is 1.00. The summed E-state index contributed by atoms with van der Waals surface area (Å²) >= 11 is 0. The third-order valence-corrected chi connectivity index (χ3v) is 6.11. The molecule has 2 heteroatoms. The molecular weight excluding hydrogens is 256 g/mol.